The Kier molecular flexibility index (Phi) is 6.79. The fourth-order valence-electron chi connectivity index (χ4n) is 2.05. The average molecular weight is 474 g/mol. The van der Waals surface area contributed by atoms with Crippen LogP contribution in [0.25, 0.3) is 0 Å². The molecule has 0 saturated carbocycles. The number of hydrogen-bond acceptors (Lipinski definition) is 4. The van der Waals surface area contributed by atoms with Gasteiger partial charge in [0, 0.05) is 17.8 Å². The maximum Gasteiger partial charge on any atom is 0.255 e. The molecule has 25 heavy (non-hydrogen) atoms. The van der Waals surface area contributed by atoms with Crippen LogP contribution in [-0.4, -0.2) is 28.0 Å². The summed E-state index contributed by atoms with van der Waals surface area (Å²) in [5.74, 6) is 0.423. The molecule has 0 aromatic heterocycles. The molecule has 0 saturated heterocycles. The van der Waals surface area contributed by atoms with Crippen molar-refractivity contribution in [1.82, 2.24) is 4.72 Å². The third-order valence-corrected chi connectivity index (χ3v) is 5.70. The van der Waals surface area contributed by atoms with Crippen molar-refractivity contribution in [2.75, 3.05) is 19.0 Å². The summed E-state index contributed by atoms with van der Waals surface area (Å²) in [4.78, 5) is 12.5. The predicted molar refractivity (Wildman–Crippen MR) is 106 cm³/mol. The van der Waals surface area contributed by atoms with Crippen LogP contribution in [0.15, 0.2) is 47.4 Å². The first-order valence-corrected chi connectivity index (χ1v) is 10.2. The minimum Gasteiger partial charge on any atom is -0.496 e. The van der Waals surface area contributed by atoms with Gasteiger partial charge in [-0.05, 0) is 71.5 Å². The van der Waals surface area contributed by atoms with E-state index in [0.29, 0.717) is 30.0 Å². The molecule has 0 fully saturated rings. The van der Waals surface area contributed by atoms with E-state index in [-0.39, 0.29) is 10.8 Å². The van der Waals surface area contributed by atoms with Gasteiger partial charge in [-0.15, -0.1) is 0 Å². The van der Waals surface area contributed by atoms with Crippen LogP contribution in [0.4, 0.5) is 5.69 Å². The summed E-state index contributed by atoms with van der Waals surface area (Å²) in [6.07, 6.45) is 0.716. The summed E-state index contributed by atoms with van der Waals surface area (Å²) in [5.41, 5.74) is 1.01. The number of carbonyl (C=O) groups is 1. The van der Waals surface area contributed by atoms with Crippen LogP contribution < -0.4 is 14.8 Å². The minimum atomic E-state index is -3.51. The van der Waals surface area contributed by atoms with E-state index >= 15 is 0 Å². The number of nitrogens with one attached hydrogen (secondary N) is 2. The van der Waals surface area contributed by atoms with Crippen LogP contribution in [0.1, 0.15) is 23.7 Å². The maximum atomic E-state index is 12.3. The van der Waals surface area contributed by atoms with Crippen LogP contribution in [0.5, 0.6) is 5.75 Å². The second-order valence-corrected chi connectivity index (χ2v) is 8.15. The van der Waals surface area contributed by atoms with Crippen LogP contribution >= 0.6 is 22.6 Å². The number of benzene rings is 2. The highest BCUT2D eigenvalue weighted by Gasteiger charge is 2.13. The molecular formula is C17H19IN2O4S. The van der Waals surface area contributed by atoms with Gasteiger partial charge in [-0.25, -0.2) is 13.1 Å². The molecule has 2 rings (SSSR count). The summed E-state index contributed by atoms with van der Waals surface area (Å²) >= 11 is 2.10. The monoisotopic (exact) mass is 474 g/mol. The van der Waals surface area contributed by atoms with Crippen molar-refractivity contribution in [2.24, 2.45) is 0 Å². The third-order valence-electron chi connectivity index (χ3n) is 3.38. The van der Waals surface area contributed by atoms with E-state index in [9.17, 15) is 13.2 Å². The van der Waals surface area contributed by atoms with E-state index in [1.165, 1.54) is 12.1 Å². The Balaban J connectivity index is 2.10. The first-order chi connectivity index (χ1) is 11.9. The normalized spacial score (nSPS) is 11.2. The van der Waals surface area contributed by atoms with Crippen molar-refractivity contribution in [1.29, 1.82) is 0 Å². The zero-order chi connectivity index (χ0) is 18.4. The van der Waals surface area contributed by atoms with E-state index in [4.69, 9.17) is 4.74 Å². The molecule has 0 bridgehead atoms. The number of rotatable bonds is 7. The minimum absolute atomic E-state index is 0.165. The molecule has 0 spiro atoms. The van der Waals surface area contributed by atoms with Gasteiger partial charge in [0.1, 0.15) is 5.75 Å². The number of amides is 1. The molecular weight excluding hydrogens is 455 g/mol. The van der Waals surface area contributed by atoms with Gasteiger partial charge in [0.2, 0.25) is 10.0 Å². The zero-order valence-corrected chi connectivity index (χ0v) is 16.8. The number of hydrogen-bond donors (Lipinski definition) is 2. The summed E-state index contributed by atoms with van der Waals surface area (Å²) in [6.45, 7) is 2.28. The maximum absolute atomic E-state index is 12.3. The van der Waals surface area contributed by atoms with Crippen LogP contribution in [0.2, 0.25) is 0 Å². The Labute approximate surface area is 161 Å². The summed E-state index contributed by atoms with van der Waals surface area (Å²) < 4.78 is 32.6. The molecule has 0 aliphatic carbocycles. The van der Waals surface area contributed by atoms with Crippen molar-refractivity contribution >= 4 is 44.2 Å². The highest BCUT2D eigenvalue weighted by molar-refractivity contribution is 14.1. The largest absolute Gasteiger partial charge is 0.496 e. The van der Waals surface area contributed by atoms with Crippen molar-refractivity contribution in [3.8, 4) is 5.75 Å². The molecule has 0 radical (unpaired) electrons. The van der Waals surface area contributed by atoms with E-state index in [1.54, 1.807) is 37.4 Å². The third kappa shape index (κ3) is 5.16. The highest BCUT2D eigenvalue weighted by Crippen LogP contribution is 2.22. The fourth-order valence-corrected chi connectivity index (χ4v) is 3.92. The van der Waals surface area contributed by atoms with Gasteiger partial charge >= 0.3 is 0 Å². The molecule has 2 N–H and O–H groups in total. The first kappa shape index (κ1) is 19.7. The van der Waals surface area contributed by atoms with E-state index < -0.39 is 10.0 Å². The van der Waals surface area contributed by atoms with Crippen LogP contribution in [0.3, 0.4) is 0 Å². The fraction of sp³-hybridized carbons (Fsp3) is 0.235. The van der Waals surface area contributed by atoms with Gasteiger partial charge in [0.15, 0.2) is 0 Å². The Bertz CT molecular complexity index is 851. The predicted octanol–water partition coefficient (Wildman–Crippen LogP) is 3.24. The van der Waals surface area contributed by atoms with Gasteiger partial charge < -0.3 is 10.1 Å². The van der Waals surface area contributed by atoms with E-state index in [0.717, 1.165) is 3.57 Å². The van der Waals surface area contributed by atoms with E-state index in [1.807, 2.05) is 6.92 Å². The zero-order valence-electron chi connectivity index (χ0n) is 13.9. The standard InChI is InChI=1S/C17H19IN2O4S/c1-3-10-19-25(22,23)14-7-5-13(6-8-14)20-17(21)12-4-9-16(24-2)15(18)11-12/h4-9,11,19H,3,10H2,1-2H3,(H,20,21). The number of carbonyl (C=O) groups excluding carboxylic acids is 1. The Morgan fingerprint density at radius 2 is 1.84 bits per heavy atom. The van der Waals surface area contributed by atoms with Crippen molar-refractivity contribution in [3.63, 3.8) is 0 Å². The molecule has 2 aromatic rings. The van der Waals surface area contributed by atoms with Crippen molar-refractivity contribution in [3.05, 3.63) is 51.6 Å². The molecule has 0 unspecified atom stereocenters. The number of halogens is 1. The van der Waals surface area contributed by atoms with Gasteiger partial charge in [-0.1, -0.05) is 6.92 Å². The Hall–Kier alpha value is -1.65. The smallest absolute Gasteiger partial charge is 0.255 e. The molecule has 6 nitrogen and oxygen atoms in total. The second kappa shape index (κ2) is 8.63. The van der Waals surface area contributed by atoms with Crippen LogP contribution in [0, 0.1) is 3.57 Å². The number of anilines is 1. The number of sulfonamides is 1. The van der Waals surface area contributed by atoms with Crippen molar-refractivity contribution < 1.29 is 17.9 Å². The molecule has 1 amide bonds. The Morgan fingerprint density at radius 3 is 2.40 bits per heavy atom. The van der Waals surface area contributed by atoms with Gasteiger partial charge in [0.05, 0.1) is 15.6 Å². The van der Waals surface area contributed by atoms with E-state index in [2.05, 4.69) is 32.6 Å². The molecule has 2 aromatic carbocycles. The lowest BCUT2D eigenvalue weighted by atomic mass is 10.2. The topological polar surface area (TPSA) is 84.5 Å². The molecule has 0 heterocycles. The lowest BCUT2D eigenvalue weighted by molar-refractivity contribution is 0.102. The van der Waals surface area contributed by atoms with Gasteiger partial charge in [0.25, 0.3) is 5.91 Å². The van der Waals surface area contributed by atoms with Crippen LogP contribution in [-0.2, 0) is 10.0 Å². The molecule has 0 aliphatic rings. The van der Waals surface area contributed by atoms with Gasteiger partial charge in [-0.3, -0.25) is 4.79 Å². The van der Waals surface area contributed by atoms with Gasteiger partial charge in [-0.2, -0.15) is 0 Å². The second-order valence-electron chi connectivity index (χ2n) is 5.23. The quantitative estimate of drug-likeness (QED) is 0.604. The Morgan fingerprint density at radius 1 is 1.16 bits per heavy atom. The molecule has 0 atom stereocenters. The summed E-state index contributed by atoms with van der Waals surface area (Å²) in [6, 6.07) is 11.2. The van der Waals surface area contributed by atoms with Crippen molar-refractivity contribution in [2.45, 2.75) is 18.2 Å². The first-order valence-electron chi connectivity index (χ1n) is 7.62. The average Bonchev–Trinajstić information content (AvgIpc) is 2.60. The lowest BCUT2D eigenvalue weighted by Gasteiger charge is -2.09. The molecule has 8 heteroatoms. The SMILES string of the molecule is CCCNS(=O)(=O)c1ccc(NC(=O)c2ccc(OC)c(I)c2)cc1. The molecule has 134 valence electrons. The highest BCUT2D eigenvalue weighted by atomic mass is 127. The summed E-state index contributed by atoms with van der Waals surface area (Å²) in [7, 11) is -1.94. The molecule has 0 aliphatic heterocycles. The lowest BCUT2D eigenvalue weighted by Crippen LogP contribution is -2.24. The summed E-state index contributed by atoms with van der Waals surface area (Å²) in [5, 5.41) is 2.75. The number of methoxy groups -OCH3 is 1. The number of ether oxygens (including phenoxy) is 1.